The largest absolute Gasteiger partial charge is 0.265 e. The number of hydrogen-bond acceptors (Lipinski definition) is 3. The maximum Gasteiger partial charge on any atom is 0.153 e. The molecule has 2 aromatic heterocycles. The maximum atomic E-state index is 4.63. The van der Waals surface area contributed by atoms with Gasteiger partial charge in [0.2, 0.25) is 0 Å². The van der Waals surface area contributed by atoms with Crippen LogP contribution in [0.2, 0.25) is 0 Å². The SMILES string of the molecule is c1cc(CCc2nc(C3CCCC3)n[nH]2)ccn1. The summed E-state index contributed by atoms with van der Waals surface area (Å²) in [6, 6.07) is 4.10. The molecule has 2 aromatic rings. The zero-order valence-electron chi connectivity index (χ0n) is 10.5. The molecular formula is C14H18N4. The summed E-state index contributed by atoms with van der Waals surface area (Å²) in [6.45, 7) is 0. The fourth-order valence-electron chi connectivity index (χ4n) is 2.60. The molecule has 0 saturated heterocycles. The molecule has 1 saturated carbocycles. The van der Waals surface area contributed by atoms with E-state index < -0.39 is 0 Å². The van der Waals surface area contributed by atoms with Gasteiger partial charge in [-0.3, -0.25) is 10.1 Å². The summed E-state index contributed by atoms with van der Waals surface area (Å²) in [7, 11) is 0. The molecule has 18 heavy (non-hydrogen) atoms. The van der Waals surface area contributed by atoms with Crippen molar-refractivity contribution in [2.24, 2.45) is 0 Å². The number of hydrogen-bond donors (Lipinski definition) is 1. The van der Waals surface area contributed by atoms with Gasteiger partial charge in [-0.15, -0.1) is 0 Å². The second-order valence-electron chi connectivity index (χ2n) is 4.98. The molecule has 2 heterocycles. The summed E-state index contributed by atoms with van der Waals surface area (Å²) in [6.07, 6.45) is 10.7. The molecule has 0 aromatic carbocycles. The summed E-state index contributed by atoms with van der Waals surface area (Å²) in [5.41, 5.74) is 1.30. The average Bonchev–Trinajstić information content (AvgIpc) is 3.08. The number of aromatic amines is 1. The second kappa shape index (κ2) is 5.29. The van der Waals surface area contributed by atoms with Gasteiger partial charge in [0.1, 0.15) is 5.82 Å². The van der Waals surface area contributed by atoms with Crippen molar-refractivity contribution in [3.05, 3.63) is 41.7 Å². The van der Waals surface area contributed by atoms with Crippen LogP contribution in [0, 0.1) is 0 Å². The van der Waals surface area contributed by atoms with Crippen LogP contribution in [-0.2, 0) is 12.8 Å². The van der Waals surface area contributed by atoms with Gasteiger partial charge < -0.3 is 0 Å². The Hall–Kier alpha value is -1.71. The quantitative estimate of drug-likeness (QED) is 0.896. The molecule has 1 aliphatic carbocycles. The van der Waals surface area contributed by atoms with Gasteiger partial charge in [0.25, 0.3) is 0 Å². The van der Waals surface area contributed by atoms with E-state index in [1.54, 1.807) is 0 Å². The van der Waals surface area contributed by atoms with E-state index in [-0.39, 0.29) is 0 Å². The van der Waals surface area contributed by atoms with Crippen LogP contribution in [0.15, 0.2) is 24.5 Å². The van der Waals surface area contributed by atoms with Crippen molar-refractivity contribution < 1.29 is 0 Å². The molecule has 3 rings (SSSR count). The molecule has 4 nitrogen and oxygen atoms in total. The van der Waals surface area contributed by atoms with Gasteiger partial charge in [-0.1, -0.05) is 12.8 Å². The first-order valence-corrected chi connectivity index (χ1v) is 6.72. The lowest BCUT2D eigenvalue weighted by atomic mass is 10.1. The molecule has 0 spiro atoms. The van der Waals surface area contributed by atoms with E-state index >= 15 is 0 Å². The van der Waals surface area contributed by atoms with Crippen LogP contribution in [-0.4, -0.2) is 20.2 Å². The Bertz CT molecular complexity index is 486. The highest BCUT2D eigenvalue weighted by atomic mass is 15.2. The van der Waals surface area contributed by atoms with E-state index in [1.807, 2.05) is 24.5 Å². The van der Waals surface area contributed by atoms with E-state index in [2.05, 4.69) is 20.2 Å². The first kappa shape index (κ1) is 11.4. The van der Waals surface area contributed by atoms with E-state index in [9.17, 15) is 0 Å². The number of aromatic nitrogens is 4. The molecule has 1 fully saturated rings. The zero-order chi connectivity index (χ0) is 12.2. The standard InChI is InChI=1S/C14H18N4/c1-2-4-12(3-1)14-16-13(17-18-14)6-5-11-7-9-15-10-8-11/h7-10,12H,1-6H2,(H,16,17,18). The summed E-state index contributed by atoms with van der Waals surface area (Å²) >= 11 is 0. The van der Waals surface area contributed by atoms with Crippen molar-refractivity contribution in [1.29, 1.82) is 0 Å². The Morgan fingerprint density at radius 3 is 2.67 bits per heavy atom. The van der Waals surface area contributed by atoms with Gasteiger partial charge in [-0.25, -0.2) is 4.98 Å². The predicted octanol–water partition coefficient (Wildman–Crippen LogP) is 2.64. The van der Waals surface area contributed by atoms with Crippen molar-refractivity contribution >= 4 is 0 Å². The molecule has 0 unspecified atom stereocenters. The van der Waals surface area contributed by atoms with E-state index in [0.717, 1.165) is 24.5 Å². The number of aryl methyl sites for hydroxylation is 2. The molecule has 0 amide bonds. The summed E-state index contributed by atoms with van der Waals surface area (Å²) in [4.78, 5) is 8.65. The normalized spacial score (nSPS) is 16.2. The molecule has 0 bridgehead atoms. The Labute approximate surface area is 107 Å². The summed E-state index contributed by atoms with van der Waals surface area (Å²) in [5, 5.41) is 7.44. The van der Waals surface area contributed by atoms with E-state index in [4.69, 9.17) is 0 Å². The highest BCUT2D eigenvalue weighted by molar-refractivity contribution is 5.11. The summed E-state index contributed by atoms with van der Waals surface area (Å²) in [5.74, 6) is 2.63. The number of nitrogens with one attached hydrogen (secondary N) is 1. The van der Waals surface area contributed by atoms with Crippen LogP contribution in [0.3, 0.4) is 0 Å². The average molecular weight is 242 g/mol. The molecule has 0 aliphatic heterocycles. The van der Waals surface area contributed by atoms with Gasteiger partial charge in [0.05, 0.1) is 0 Å². The van der Waals surface area contributed by atoms with Crippen molar-refractivity contribution in [3.63, 3.8) is 0 Å². The lowest BCUT2D eigenvalue weighted by molar-refractivity contribution is 0.671. The van der Waals surface area contributed by atoms with Crippen LogP contribution in [0.1, 0.15) is 48.8 Å². The Morgan fingerprint density at radius 2 is 1.89 bits per heavy atom. The first-order chi connectivity index (χ1) is 8.92. The minimum Gasteiger partial charge on any atom is -0.265 e. The Kier molecular flexibility index (Phi) is 3.35. The third-order valence-corrected chi connectivity index (χ3v) is 3.67. The highest BCUT2D eigenvalue weighted by Crippen LogP contribution is 2.31. The van der Waals surface area contributed by atoms with Crippen molar-refractivity contribution in [2.75, 3.05) is 0 Å². The summed E-state index contributed by atoms with van der Waals surface area (Å²) < 4.78 is 0. The van der Waals surface area contributed by atoms with Crippen molar-refractivity contribution in [1.82, 2.24) is 20.2 Å². The fraction of sp³-hybridized carbons (Fsp3) is 0.500. The Balaban J connectivity index is 1.60. The number of H-pyrrole nitrogens is 1. The minimum atomic E-state index is 0.593. The molecule has 0 atom stereocenters. The lowest BCUT2D eigenvalue weighted by Crippen LogP contribution is -1.96. The maximum absolute atomic E-state index is 4.63. The highest BCUT2D eigenvalue weighted by Gasteiger charge is 2.20. The van der Waals surface area contributed by atoms with Gasteiger partial charge in [-0.05, 0) is 37.0 Å². The molecule has 1 N–H and O–H groups in total. The monoisotopic (exact) mass is 242 g/mol. The second-order valence-corrected chi connectivity index (χ2v) is 4.98. The Morgan fingerprint density at radius 1 is 1.11 bits per heavy atom. The van der Waals surface area contributed by atoms with Gasteiger partial charge in [0, 0.05) is 24.7 Å². The van der Waals surface area contributed by atoms with Gasteiger partial charge >= 0.3 is 0 Å². The van der Waals surface area contributed by atoms with Crippen molar-refractivity contribution in [2.45, 2.75) is 44.4 Å². The molecule has 1 aliphatic rings. The molecule has 4 heteroatoms. The fourth-order valence-corrected chi connectivity index (χ4v) is 2.60. The van der Waals surface area contributed by atoms with Crippen LogP contribution in [0.25, 0.3) is 0 Å². The van der Waals surface area contributed by atoms with E-state index in [0.29, 0.717) is 5.92 Å². The van der Waals surface area contributed by atoms with Crippen molar-refractivity contribution in [3.8, 4) is 0 Å². The van der Waals surface area contributed by atoms with Gasteiger partial charge in [-0.2, -0.15) is 5.10 Å². The molecular weight excluding hydrogens is 224 g/mol. The number of pyridine rings is 1. The van der Waals surface area contributed by atoms with Crippen LogP contribution < -0.4 is 0 Å². The predicted molar refractivity (Wildman–Crippen MR) is 69.2 cm³/mol. The first-order valence-electron chi connectivity index (χ1n) is 6.72. The third-order valence-electron chi connectivity index (χ3n) is 3.67. The zero-order valence-corrected chi connectivity index (χ0v) is 10.5. The van der Waals surface area contributed by atoms with E-state index in [1.165, 1.54) is 31.2 Å². The van der Waals surface area contributed by atoms with Crippen LogP contribution in [0.4, 0.5) is 0 Å². The smallest absolute Gasteiger partial charge is 0.153 e. The van der Waals surface area contributed by atoms with Crippen LogP contribution in [0.5, 0.6) is 0 Å². The molecule has 94 valence electrons. The van der Waals surface area contributed by atoms with Crippen LogP contribution >= 0.6 is 0 Å². The minimum absolute atomic E-state index is 0.593. The number of rotatable bonds is 4. The third kappa shape index (κ3) is 2.58. The molecule has 0 radical (unpaired) electrons. The number of nitrogens with zero attached hydrogens (tertiary/aromatic N) is 3. The lowest BCUT2D eigenvalue weighted by Gasteiger charge is -2.01. The van der Waals surface area contributed by atoms with Gasteiger partial charge in [0.15, 0.2) is 5.82 Å². The topological polar surface area (TPSA) is 54.5 Å².